The highest BCUT2D eigenvalue weighted by molar-refractivity contribution is 6.35. The molecule has 0 bridgehead atoms. The number of hydrogen-bond acceptors (Lipinski definition) is 6. The summed E-state index contributed by atoms with van der Waals surface area (Å²) in [5.41, 5.74) is 1.42. The summed E-state index contributed by atoms with van der Waals surface area (Å²) in [7, 11) is 0. The minimum Gasteiger partial charge on any atom is -0.376 e. The SMILES string of the molecule is O=C(CNc1cc(Cl)cc(Cl)c1)N[C@@H]1CCCN(c2ncnc3[nH]ncc23)C1. The van der Waals surface area contributed by atoms with Crippen LogP contribution in [-0.4, -0.2) is 51.7 Å². The van der Waals surface area contributed by atoms with Gasteiger partial charge in [-0.05, 0) is 31.0 Å². The Balaban J connectivity index is 1.36. The molecule has 4 rings (SSSR count). The van der Waals surface area contributed by atoms with Crippen molar-refractivity contribution in [2.24, 2.45) is 0 Å². The van der Waals surface area contributed by atoms with Crippen molar-refractivity contribution in [1.82, 2.24) is 25.5 Å². The summed E-state index contributed by atoms with van der Waals surface area (Å²) >= 11 is 12.0. The van der Waals surface area contributed by atoms with Gasteiger partial charge in [-0.15, -0.1) is 0 Å². The number of amides is 1. The van der Waals surface area contributed by atoms with Crippen molar-refractivity contribution in [3.63, 3.8) is 0 Å². The predicted octanol–water partition coefficient (Wildman–Crippen LogP) is 2.86. The van der Waals surface area contributed by atoms with Crippen LogP contribution in [-0.2, 0) is 4.79 Å². The van der Waals surface area contributed by atoms with Gasteiger partial charge in [0, 0.05) is 34.9 Å². The number of nitrogens with zero attached hydrogens (tertiary/aromatic N) is 4. The fourth-order valence-corrected chi connectivity index (χ4v) is 3.93. The van der Waals surface area contributed by atoms with Gasteiger partial charge in [-0.3, -0.25) is 9.89 Å². The average molecular weight is 420 g/mol. The van der Waals surface area contributed by atoms with Gasteiger partial charge in [-0.25, -0.2) is 9.97 Å². The molecule has 1 fully saturated rings. The summed E-state index contributed by atoms with van der Waals surface area (Å²) < 4.78 is 0. The first-order valence-corrected chi connectivity index (χ1v) is 9.72. The summed E-state index contributed by atoms with van der Waals surface area (Å²) in [5, 5.41) is 15.0. The number of anilines is 2. The van der Waals surface area contributed by atoms with E-state index in [2.05, 4.69) is 35.7 Å². The van der Waals surface area contributed by atoms with E-state index in [1.807, 2.05) is 0 Å². The molecule has 0 unspecified atom stereocenters. The molecule has 0 spiro atoms. The molecule has 10 heteroatoms. The molecule has 0 aliphatic carbocycles. The second-order valence-corrected chi connectivity index (χ2v) is 7.57. The Bertz CT molecular complexity index is 973. The van der Waals surface area contributed by atoms with Gasteiger partial charge in [-0.1, -0.05) is 23.2 Å². The second-order valence-electron chi connectivity index (χ2n) is 6.69. The van der Waals surface area contributed by atoms with E-state index in [9.17, 15) is 4.79 Å². The lowest BCUT2D eigenvalue weighted by molar-refractivity contribution is -0.120. The third-order valence-electron chi connectivity index (χ3n) is 4.63. The topological polar surface area (TPSA) is 98.8 Å². The zero-order valence-electron chi connectivity index (χ0n) is 15.0. The van der Waals surface area contributed by atoms with Crippen LogP contribution < -0.4 is 15.5 Å². The van der Waals surface area contributed by atoms with Crippen LogP contribution in [0.3, 0.4) is 0 Å². The Morgan fingerprint density at radius 3 is 2.89 bits per heavy atom. The molecule has 2 aromatic heterocycles. The number of H-pyrrole nitrogens is 1. The Morgan fingerprint density at radius 1 is 1.25 bits per heavy atom. The number of halogens is 2. The van der Waals surface area contributed by atoms with Gasteiger partial charge in [0.1, 0.15) is 12.1 Å². The number of rotatable bonds is 5. The highest BCUT2D eigenvalue weighted by Crippen LogP contribution is 2.24. The van der Waals surface area contributed by atoms with Crippen LogP contribution in [0.25, 0.3) is 11.0 Å². The van der Waals surface area contributed by atoms with Crippen molar-refractivity contribution in [3.05, 3.63) is 40.8 Å². The molecule has 1 aliphatic heterocycles. The Hall–Kier alpha value is -2.58. The summed E-state index contributed by atoms with van der Waals surface area (Å²) in [5.74, 6) is 0.753. The predicted molar refractivity (Wildman–Crippen MR) is 110 cm³/mol. The molecule has 3 aromatic rings. The van der Waals surface area contributed by atoms with Crippen LogP contribution in [0.15, 0.2) is 30.7 Å². The van der Waals surface area contributed by atoms with Gasteiger partial charge < -0.3 is 15.5 Å². The Labute approximate surface area is 171 Å². The molecular formula is C18H19Cl2N7O. The maximum atomic E-state index is 12.4. The van der Waals surface area contributed by atoms with Crippen LogP contribution in [0.2, 0.25) is 10.0 Å². The van der Waals surface area contributed by atoms with Crippen LogP contribution in [0.4, 0.5) is 11.5 Å². The Kier molecular flexibility index (Phi) is 5.50. The molecule has 28 heavy (non-hydrogen) atoms. The second kappa shape index (κ2) is 8.20. The standard InChI is InChI=1S/C18H19Cl2N7O/c19-11-4-12(20)6-14(5-11)21-8-16(28)25-13-2-1-3-27(9-13)18-15-7-24-26-17(15)22-10-23-18/h4-7,10,13,21H,1-3,8-9H2,(H,25,28)(H,22,23,24,26)/t13-/m1/s1. The number of hydrogen-bond donors (Lipinski definition) is 3. The molecule has 3 N–H and O–H groups in total. The molecule has 3 heterocycles. The number of piperidine rings is 1. The molecule has 1 aliphatic rings. The van der Waals surface area contributed by atoms with Crippen LogP contribution in [0.5, 0.6) is 0 Å². The van der Waals surface area contributed by atoms with Crippen molar-refractivity contribution in [2.45, 2.75) is 18.9 Å². The molecule has 146 valence electrons. The number of aromatic amines is 1. The van der Waals surface area contributed by atoms with E-state index >= 15 is 0 Å². The molecule has 1 atom stereocenters. The van der Waals surface area contributed by atoms with E-state index in [0.717, 1.165) is 30.6 Å². The third-order valence-corrected chi connectivity index (χ3v) is 5.07. The number of carbonyl (C=O) groups excluding carboxylic acids is 1. The van der Waals surface area contributed by atoms with Gasteiger partial charge in [0.2, 0.25) is 5.91 Å². The number of fused-ring (bicyclic) bond motifs is 1. The quantitative estimate of drug-likeness (QED) is 0.587. The van der Waals surface area contributed by atoms with Crippen molar-refractivity contribution >= 4 is 51.6 Å². The van der Waals surface area contributed by atoms with Crippen molar-refractivity contribution in [1.29, 1.82) is 0 Å². The maximum Gasteiger partial charge on any atom is 0.239 e. The average Bonchev–Trinajstić information content (AvgIpc) is 3.15. The number of nitrogens with one attached hydrogen (secondary N) is 3. The van der Waals surface area contributed by atoms with Gasteiger partial charge >= 0.3 is 0 Å². The maximum absolute atomic E-state index is 12.4. The van der Waals surface area contributed by atoms with Gasteiger partial charge in [-0.2, -0.15) is 5.10 Å². The minimum atomic E-state index is -0.0842. The van der Waals surface area contributed by atoms with Crippen molar-refractivity contribution < 1.29 is 4.79 Å². The highest BCUT2D eigenvalue weighted by atomic mass is 35.5. The summed E-state index contributed by atoms with van der Waals surface area (Å²) in [6.07, 6.45) is 5.14. The summed E-state index contributed by atoms with van der Waals surface area (Å²) in [6.45, 7) is 1.71. The van der Waals surface area contributed by atoms with E-state index < -0.39 is 0 Å². The van der Waals surface area contributed by atoms with E-state index in [-0.39, 0.29) is 18.5 Å². The van der Waals surface area contributed by atoms with Gasteiger partial charge in [0.05, 0.1) is 18.1 Å². The largest absolute Gasteiger partial charge is 0.376 e. The fraction of sp³-hybridized carbons (Fsp3) is 0.333. The Morgan fingerprint density at radius 2 is 2.07 bits per heavy atom. The van der Waals surface area contributed by atoms with E-state index in [0.29, 0.717) is 27.9 Å². The fourth-order valence-electron chi connectivity index (χ4n) is 3.41. The monoisotopic (exact) mass is 419 g/mol. The first-order chi connectivity index (χ1) is 13.6. The van der Waals surface area contributed by atoms with Crippen molar-refractivity contribution in [3.8, 4) is 0 Å². The van der Waals surface area contributed by atoms with Crippen LogP contribution >= 0.6 is 23.2 Å². The molecule has 1 amide bonds. The van der Waals surface area contributed by atoms with E-state index in [1.165, 1.54) is 6.33 Å². The lowest BCUT2D eigenvalue weighted by Crippen LogP contribution is -2.49. The van der Waals surface area contributed by atoms with E-state index in [1.54, 1.807) is 24.4 Å². The van der Waals surface area contributed by atoms with Gasteiger partial charge in [0.25, 0.3) is 0 Å². The van der Waals surface area contributed by atoms with Crippen LogP contribution in [0, 0.1) is 0 Å². The van der Waals surface area contributed by atoms with Crippen LogP contribution in [0.1, 0.15) is 12.8 Å². The number of carbonyl (C=O) groups is 1. The zero-order chi connectivity index (χ0) is 19.5. The number of benzene rings is 1. The summed E-state index contributed by atoms with van der Waals surface area (Å²) in [6, 6.07) is 5.15. The first kappa shape index (κ1) is 18.8. The molecule has 0 saturated carbocycles. The van der Waals surface area contributed by atoms with Gasteiger partial charge in [0.15, 0.2) is 5.65 Å². The molecule has 8 nitrogen and oxygen atoms in total. The first-order valence-electron chi connectivity index (χ1n) is 8.97. The molecule has 0 radical (unpaired) electrons. The van der Waals surface area contributed by atoms with E-state index in [4.69, 9.17) is 23.2 Å². The van der Waals surface area contributed by atoms with Crippen molar-refractivity contribution in [2.75, 3.05) is 29.9 Å². The zero-order valence-corrected chi connectivity index (χ0v) is 16.5. The molecular weight excluding hydrogens is 401 g/mol. The molecule has 1 aromatic carbocycles. The lowest BCUT2D eigenvalue weighted by Gasteiger charge is -2.34. The smallest absolute Gasteiger partial charge is 0.239 e. The number of aromatic nitrogens is 4. The summed E-state index contributed by atoms with van der Waals surface area (Å²) in [4.78, 5) is 23.1. The minimum absolute atomic E-state index is 0.0444. The highest BCUT2D eigenvalue weighted by Gasteiger charge is 2.24. The lowest BCUT2D eigenvalue weighted by atomic mass is 10.1. The molecule has 1 saturated heterocycles. The normalized spacial score (nSPS) is 16.9. The third kappa shape index (κ3) is 4.28.